The normalized spacial score (nSPS) is 12.3. The van der Waals surface area contributed by atoms with E-state index in [0.29, 0.717) is 5.69 Å². The van der Waals surface area contributed by atoms with Gasteiger partial charge in [-0.25, -0.2) is 26.3 Å². The Morgan fingerprint density at radius 3 is 2.35 bits per heavy atom. The third kappa shape index (κ3) is 4.75. The first-order valence-electron chi connectivity index (χ1n) is 6.06. The standard InChI is InChI=1S/C11H19N3O4S2/c1-3-14-20(17,18)11-7-5-4-6-10(11)13-8-9-19(15,16)12-2/h4-7,12-14H,3,8-9H2,1-2H3. The molecule has 7 nitrogen and oxygen atoms in total. The predicted octanol–water partition coefficient (Wildman–Crippen LogP) is -0.0541. The molecule has 0 fully saturated rings. The molecule has 1 aromatic rings. The lowest BCUT2D eigenvalue weighted by molar-refractivity contribution is 0.584. The SMILES string of the molecule is CCNS(=O)(=O)c1ccccc1NCCS(=O)(=O)NC. The average Bonchev–Trinajstić information content (AvgIpc) is 2.39. The van der Waals surface area contributed by atoms with Crippen LogP contribution < -0.4 is 14.8 Å². The fraction of sp³-hybridized carbons (Fsp3) is 0.455. The first-order chi connectivity index (χ1) is 9.32. The van der Waals surface area contributed by atoms with Crippen LogP contribution >= 0.6 is 0 Å². The molecule has 0 aliphatic rings. The summed E-state index contributed by atoms with van der Waals surface area (Å²) in [6, 6.07) is 6.35. The lowest BCUT2D eigenvalue weighted by Crippen LogP contribution is -2.27. The number of para-hydroxylation sites is 1. The highest BCUT2D eigenvalue weighted by Crippen LogP contribution is 2.20. The van der Waals surface area contributed by atoms with Crippen LogP contribution in [0.5, 0.6) is 0 Å². The molecule has 9 heteroatoms. The van der Waals surface area contributed by atoms with Crippen LogP contribution in [0.1, 0.15) is 6.92 Å². The Morgan fingerprint density at radius 2 is 1.75 bits per heavy atom. The van der Waals surface area contributed by atoms with Gasteiger partial charge in [-0.05, 0) is 19.2 Å². The van der Waals surface area contributed by atoms with Crippen molar-refractivity contribution in [3.8, 4) is 0 Å². The zero-order chi connectivity index (χ0) is 15.2. The maximum absolute atomic E-state index is 12.0. The Labute approximate surface area is 119 Å². The summed E-state index contributed by atoms with van der Waals surface area (Å²) < 4.78 is 51.2. The summed E-state index contributed by atoms with van der Waals surface area (Å²) in [5.41, 5.74) is 0.375. The van der Waals surface area contributed by atoms with Crippen LogP contribution in [0.2, 0.25) is 0 Å². The molecule has 0 saturated heterocycles. The fourth-order valence-corrected chi connectivity index (χ4v) is 3.33. The molecule has 0 aromatic heterocycles. The minimum Gasteiger partial charge on any atom is -0.383 e. The Kier molecular flexibility index (Phi) is 5.93. The third-order valence-electron chi connectivity index (χ3n) is 2.51. The van der Waals surface area contributed by atoms with Crippen molar-refractivity contribution in [1.82, 2.24) is 9.44 Å². The molecule has 0 bridgehead atoms. The van der Waals surface area contributed by atoms with Crippen molar-refractivity contribution in [2.45, 2.75) is 11.8 Å². The Hall–Kier alpha value is -1.16. The summed E-state index contributed by atoms with van der Waals surface area (Å²) in [5.74, 6) is -0.140. The van der Waals surface area contributed by atoms with Gasteiger partial charge in [0.2, 0.25) is 20.0 Å². The van der Waals surface area contributed by atoms with Crippen molar-refractivity contribution >= 4 is 25.7 Å². The van der Waals surface area contributed by atoms with Crippen molar-refractivity contribution in [2.24, 2.45) is 0 Å². The second-order valence-corrected chi connectivity index (χ2v) is 7.73. The molecule has 0 aliphatic carbocycles. The number of sulfonamides is 2. The molecule has 1 rings (SSSR count). The Morgan fingerprint density at radius 1 is 1.10 bits per heavy atom. The van der Waals surface area contributed by atoms with E-state index in [1.165, 1.54) is 13.1 Å². The van der Waals surface area contributed by atoms with Crippen LogP contribution in [0, 0.1) is 0 Å². The lowest BCUT2D eigenvalue weighted by Gasteiger charge is -2.12. The van der Waals surface area contributed by atoms with E-state index < -0.39 is 20.0 Å². The summed E-state index contributed by atoms with van der Waals surface area (Å²) in [4.78, 5) is 0.101. The summed E-state index contributed by atoms with van der Waals surface area (Å²) in [5, 5.41) is 2.83. The van der Waals surface area contributed by atoms with Gasteiger partial charge in [0, 0.05) is 13.1 Å². The number of nitrogens with one attached hydrogen (secondary N) is 3. The quantitative estimate of drug-likeness (QED) is 0.622. The van der Waals surface area contributed by atoms with Crippen LogP contribution in [0.25, 0.3) is 0 Å². The van der Waals surface area contributed by atoms with Crippen molar-refractivity contribution in [3.63, 3.8) is 0 Å². The van der Waals surface area contributed by atoms with Gasteiger partial charge in [0.25, 0.3) is 0 Å². The number of hydrogen-bond donors (Lipinski definition) is 3. The maximum atomic E-state index is 12.0. The van der Waals surface area contributed by atoms with E-state index in [2.05, 4.69) is 14.8 Å². The lowest BCUT2D eigenvalue weighted by atomic mass is 10.3. The summed E-state index contributed by atoms with van der Waals surface area (Å²) in [7, 11) is -5.58. The molecule has 0 heterocycles. The highest BCUT2D eigenvalue weighted by molar-refractivity contribution is 7.89. The van der Waals surface area contributed by atoms with Gasteiger partial charge >= 0.3 is 0 Å². The monoisotopic (exact) mass is 321 g/mol. The van der Waals surface area contributed by atoms with Crippen molar-refractivity contribution in [1.29, 1.82) is 0 Å². The highest BCUT2D eigenvalue weighted by atomic mass is 32.2. The van der Waals surface area contributed by atoms with Crippen molar-refractivity contribution in [3.05, 3.63) is 24.3 Å². The second kappa shape index (κ2) is 7.02. The molecule has 0 atom stereocenters. The molecule has 114 valence electrons. The number of anilines is 1. The maximum Gasteiger partial charge on any atom is 0.242 e. The summed E-state index contributed by atoms with van der Waals surface area (Å²) in [6.07, 6.45) is 0. The van der Waals surface area contributed by atoms with Gasteiger partial charge in [0.05, 0.1) is 11.4 Å². The van der Waals surface area contributed by atoms with E-state index in [1.807, 2.05) is 0 Å². The Balaban J connectivity index is 2.87. The van der Waals surface area contributed by atoms with Crippen molar-refractivity contribution < 1.29 is 16.8 Å². The largest absolute Gasteiger partial charge is 0.383 e. The minimum atomic E-state index is -3.59. The van der Waals surface area contributed by atoms with Crippen LogP contribution in [0.3, 0.4) is 0 Å². The van der Waals surface area contributed by atoms with E-state index in [0.717, 1.165) is 0 Å². The molecule has 0 aliphatic heterocycles. The van der Waals surface area contributed by atoms with E-state index in [4.69, 9.17) is 0 Å². The van der Waals surface area contributed by atoms with Gasteiger partial charge in [-0.1, -0.05) is 19.1 Å². The smallest absolute Gasteiger partial charge is 0.242 e. The zero-order valence-electron chi connectivity index (χ0n) is 11.4. The van der Waals surface area contributed by atoms with E-state index in [1.54, 1.807) is 25.1 Å². The minimum absolute atomic E-state index is 0.101. The number of hydrogen-bond acceptors (Lipinski definition) is 5. The second-order valence-electron chi connectivity index (χ2n) is 3.95. The molecular formula is C11H19N3O4S2. The third-order valence-corrected chi connectivity index (χ3v) is 5.48. The van der Waals surface area contributed by atoms with Gasteiger partial charge < -0.3 is 5.32 Å². The number of rotatable bonds is 8. The molecule has 0 amide bonds. The first kappa shape index (κ1) is 16.9. The average molecular weight is 321 g/mol. The fourth-order valence-electron chi connectivity index (χ4n) is 1.54. The van der Waals surface area contributed by atoms with Crippen LogP contribution in [-0.2, 0) is 20.0 Å². The van der Waals surface area contributed by atoms with Gasteiger partial charge in [0.1, 0.15) is 4.90 Å². The van der Waals surface area contributed by atoms with Gasteiger partial charge in [-0.15, -0.1) is 0 Å². The van der Waals surface area contributed by atoms with Crippen LogP contribution in [-0.4, -0.2) is 42.7 Å². The topological polar surface area (TPSA) is 104 Å². The zero-order valence-corrected chi connectivity index (χ0v) is 13.0. The highest BCUT2D eigenvalue weighted by Gasteiger charge is 2.17. The first-order valence-corrected chi connectivity index (χ1v) is 9.19. The van der Waals surface area contributed by atoms with Crippen LogP contribution in [0.4, 0.5) is 5.69 Å². The van der Waals surface area contributed by atoms with Gasteiger partial charge in [-0.3, -0.25) is 0 Å². The molecule has 20 heavy (non-hydrogen) atoms. The molecule has 3 N–H and O–H groups in total. The van der Waals surface area contributed by atoms with E-state index in [-0.39, 0.29) is 23.7 Å². The van der Waals surface area contributed by atoms with E-state index in [9.17, 15) is 16.8 Å². The van der Waals surface area contributed by atoms with E-state index >= 15 is 0 Å². The Bertz CT molecular complexity index is 641. The molecule has 0 unspecified atom stereocenters. The molecule has 0 spiro atoms. The molecule has 0 saturated carbocycles. The number of benzene rings is 1. The van der Waals surface area contributed by atoms with Gasteiger partial charge in [-0.2, -0.15) is 0 Å². The molecule has 1 aromatic carbocycles. The van der Waals surface area contributed by atoms with Crippen molar-refractivity contribution in [2.75, 3.05) is 31.2 Å². The predicted molar refractivity (Wildman–Crippen MR) is 78.6 cm³/mol. The molecular weight excluding hydrogens is 302 g/mol. The van der Waals surface area contributed by atoms with Crippen LogP contribution in [0.15, 0.2) is 29.2 Å². The molecule has 0 radical (unpaired) electrons. The summed E-state index contributed by atoms with van der Waals surface area (Å²) in [6.45, 7) is 2.08. The summed E-state index contributed by atoms with van der Waals surface area (Å²) >= 11 is 0. The van der Waals surface area contributed by atoms with Gasteiger partial charge in [0.15, 0.2) is 0 Å².